The van der Waals surface area contributed by atoms with E-state index >= 15 is 0 Å². The Kier molecular flexibility index (Phi) is 3.59. The molecule has 0 saturated heterocycles. The van der Waals surface area contributed by atoms with E-state index in [0.29, 0.717) is 5.52 Å². The Morgan fingerprint density at radius 2 is 1.46 bits per heavy atom. The molecule has 0 radical (unpaired) electrons. The predicted molar refractivity (Wildman–Crippen MR) is 95.4 cm³/mol. The van der Waals surface area contributed by atoms with Gasteiger partial charge in [0.25, 0.3) is 5.56 Å². The zero-order chi connectivity index (χ0) is 16.5. The number of imidazole rings is 1. The van der Waals surface area contributed by atoms with Crippen LogP contribution in [-0.4, -0.2) is 19.3 Å². The molecule has 6 nitrogen and oxygen atoms in total. The van der Waals surface area contributed by atoms with Crippen molar-refractivity contribution in [2.75, 3.05) is 0 Å². The van der Waals surface area contributed by atoms with Gasteiger partial charge in [0, 0.05) is 10.6 Å². The first-order valence-electron chi connectivity index (χ1n) is 7.34. The van der Waals surface area contributed by atoms with Crippen LogP contribution in [0, 0.1) is 0 Å². The van der Waals surface area contributed by atoms with Gasteiger partial charge in [-0.15, -0.1) is 0 Å². The molecule has 2 aromatic carbocycles. The molecule has 0 aliphatic heterocycles. The summed E-state index contributed by atoms with van der Waals surface area (Å²) in [6.45, 7) is 0. The molecular formula is C17H13N4O2P. The Bertz CT molecular complexity index is 1060. The van der Waals surface area contributed by atoms with Crippen molar-refractivity contribution in [1.82, 2.24) is 19.3 Å². The van der Waals surface area contributed by atoms with Crippen LogP contribution in [0.1, 0.15) is 0 Å². The first-order chi connectivity index (χ1) is 11.8. The molecular weight excluding hydrogens is 323 g/mol. The molecule has 0 amide bonds. The Labute approximate surface area is 137 Å². The molecule has 0 bridgehead atoms. The maximum atomic E-state index is 12.9. The van der Waals surface area contributed by atoms with Gasteiger partial charge in [-0.2, -0.15) is 0 Å². The third kappa shape index (κ3) is 2.37. The zero-order valence-electron chi connectivity index (χ0n) is 12.5. The largest absolute Gasteiger partial charge is 0.339 e. The first kappa shape index (κ1) is 14.6. The SMILES string of the molecule is O=c1[nH]c2nc[nH]c2c(=O)n1P(c1ccccc1)c1ccccc1. The minimum atomic E-state index is -1.33. The van der Waals surface area contributed by atoms with Gasteiger partial charge in [-0.25, -0.2) is 14.1 Å². The first-order valence-corrected chi connectivity index (χ1v) is 8.64. The van der Waals surface area contributed by atoms with Gasteiger partial charge in [-0.05, 0) is 0 Å². The van der Waals surface area contributed by atoms with Crippen molar-refractivity contribution < 1.29 is 0 Å². The van der Waals surface area contributed by atoms with Gasteiger partial charge in [0.05, 0.1) is 14.4 Å². The van der Waals surface area contributed by atoms with Gasteiger partial charge in [-0.1, -0.05) is 60.7 Å². The molecule has 118 valence electrons. The van der Waals surface area contributed by atoms with Crippen molar-refractivity contribution in [3.63, 3.8) is 0 Å². The van der Waals surface area contributed by atoms with E-state index in [1.807, 2.05) is 60.7 Å². The summed E-state index contributed by atoms with van der Waals surface area (Å²) in [5.74, 6) is 0. The number of aromatic amines is 2. The van der Waals surface area contributed by atoms with Gasteiger partial charge in [0.15, 0.2) is 5.65 Å². The van der Waals surface area contributed by atoms with Crippen LogP contribution in [0.4, 0.5) is 0 Å². The Balaban J connectivity index is 2.05. The van der Waals surface area contributed by atoms with Crippen LogP contribution in [0.3, 0.4) is 0 Å². The van der Waals surface area contributed by atoms with E-state index in [9.17, 15) is 9.59 Å². The Morgan fingerprint density at radius 1 is 0.875 bits per heavy atom. The molecule has 2 heterocycles. The number of H-pyrrole nitrogens is 2. The second-order valence-corrected chi connectivity index (χ2v) is 7.21. The number of hydrogen-bond acceptors (Lipinski definition) is 3. The summed E-state index contributed by atoms with van der Waals surface area (Å²) < 4.78 is 1.29. The Hall–Kier alpha value is -2.98. The van der Waals surface area contributed by atoms with E-state index < -0.39 is 13.8 Å². The third-order valence-electron chi connectivity index (χ3n) is 3.66. The van der Waals surface area contributed by atoms with Gasteiger partial charge in [-0.3, -0.25) is 9.78 Å². The topological polar surface area (TPSA) is 83.5 Å². The summed E-state index contributed by atoms with van der Waals surface area (Å²) in [7, 11) is -1.33. The number of fused-ring (bicyclic) bond motifs is 1. The van der Waals surface area contributed by atoms with Gasteiger partial charge >= 0.3 is 5.69 Å². The average Bonchev–Trinajstić information content (AvgIpc) is 3.08. The van der Waals surface area contributed by atoms with Crippen LogP contribution in [-0.2, 0) is 0 Å². The molecule has 0 aliphatic rings. The van der Waals surface area contributed by atoms with Gasteiger partial charge < -0.3 is 4.98 Å². The van der Waals surface area contributed by atoms with Crippen molar-refractivity contribution in [2.24, 2.45) is 0 Å². The van der Waals surface area contributed by atoms with Crippen molar-refractivity contribution in [3.05, 3.63) is 87.8 Å². The summed E-state index contributed by atoms with van der Waals surface area (Å²) in [5.41, 5.74) is -0.255. The highest BCUT2D eigenvalue weighted by atomic mass is 31.1. The molecule has 2 aromatic heterocycles. The zero-order valence-corrected chi connectivity index (χ0v) is 13.4. The minimum absolute atomic E-state index is 0.275. The summed E-state index contributed by atoms with van der Waals surface area (Å²) in [6, 6.07) is 19.2. The molecule has 4 rings (SSSR count). The highest BCUT2D eigenvalue weighted by Crippen LogP contribution is 2.32. The Morgan fingerprint density at radius 3 is 2.04 bits per heavy atom. The standard InChI is InChI=1S/C17H13N4O2P/c22-16-14-15(19-11-18-14)20-17(23)21(16)24(12-7-3-1-4-8-12)13-9-5-2-6-10-13/h1-11H,(H,18,19)(H,20,23). The van der Waals surface area contributed by atoms with E-state index in [-0.39, 0.29) is 11.2 Å². The normalized spacial score (nSPS) is 11.2. The van der Waals surface area contributed by atoms with E-state index in [1.165, 1.54) is 10.7 Å². The number of nitrogens with zero attached hydrogens (tertiary/aromatic N) is 2. The second kappa shape index (κ2) is 5.91. The van der Waals surface area contributed by atoms with Crippen molar-refractivity contribution >= 4 is 29.8 Å². The minimum Gasteiger partial charge on any atom is -0.339 e. The van der Waals surface area contributed by atoms with Gasteiger partial charge in [0.2, 0.25) is 0 Å². The number of rotatable bonds is 3. The molecule has 0 atom stereocenters. The summed E-state index contributed by atoms with van der Waals surface area (Å²) in [6.07, 6.45) is 1.40. The molecule has 0 fully saturated rings. The highest BCUT2D eigenvalue weighted by Gasteiger charge is 2.22. The highest BCUT2D eigenvalue weighted by molar-refractivity contribution is 7.71. The second-order valence-electron chi connectivity index (χ2n) is 5.16. The fourth-order valence-corrected chi connectivity index (χ4v) is 4.79. The monoisotopic (exact) mass is 336 g/mol. The number of aromatic nitrogens is 4. The number of hydrogen-bond donors (Lipinski definition) is 2. The average molecular weight is 336 g/mol. The van der Waals surface area contributed by atoms with Crippen molar-refractivity contribution in [3.8, 4) is 0 Å². The lowest BCUT2D eigenvalue weighted by Crippen LogP contribution is -2.37. The lowest BCUT2D eigenvalue weighted by molar-refractivity contribution is 0.997. The van der Waals surface area contributed by atoms with E-state index in [0.717, 1.165) is 10.6 Å². The van der Waals surface area contributed by atoms with E-state index in [2.05, 4.69) is 15.0 Å². The van der Waals surface area contributed by atoms with Crippen LogP contribution in [0.2, 0.25) is 0 Å². The fraction of sp³-hybridized carbons (Fsp3) is 0. The molecule has 24 heavy (non-hydrogen) atoms. The van der Waals surface area contributed by atoms with Crippen molar-refractivity contribution in [2.45, 2.75) is 0 Å². The third-order valence-corrected chi connectivity index (χ3v) is 6.00. The molecule has 0 unspecified atom stereocenters. The fourth-order valence-electron chi connectivity index (χ4n) is 2.60. The lowest BCUT2D eigenvalue weighted by atomic mass is 10.4. The molecule has 4 aromatic rings. The molecule has 0 spiro atoms. The lowest BCUT2D eigenvalue weighted by Gasteiger charge is -2.19. The predicted octanol–water partition coefficient (Wildman–Crippen LogP) is 1.31. The summed E-state index contributed by atoms with van der Waals surface area (Å²) >= 11 is 0. The number of nitrogens with one attached hydrogen (secondary N) is 2. The maximum Gasteiger partial charge on any atom is 0.334 e. The van der Waals surface area contributed by atoms with Crippen LogP contribution < -0.4 is 21.9 Å². The smallest absolute Gasteiger partial charge is 0.334 e. The molecule has 2 N–H and O–H groups in total. The molecule has 0 saturated carbocycles. The van der Waals surface area contributed by atoms with Crippen LogP contribution in [0.15, 0.2) is 76.6 Å². The summed E-state index contributed by atoms with van der Waals surface area (Å²) in [4.78, 5) is 35.0. The quantitative estimate of drug-likeness (QED) is 0.553. The van der Waals surface area contributed by atoms with E-state index in [1.54, 1.807) is 0 Å². The number of benzene rings is 2. The molecule has 0 aliphatic carbocycles. The maximum absolute atomic E-state index is 12.9. The van der Waals surface area contributed by atoms with Crippen LogP contribution in [0.25, 0.3) is 11.2 Å². The van der Waals surface area contributed by atoms with Gasteiger partial charge in [0.1, 0.15) is 5.52 Å². The molecule has 7 heteroatoms. The van der Waals surface area contributed by atoms with Crippen molar-refractivity contribution in [1.29, 1.82) is 0 Å². The van der Waals surface area contributed by atoms with E-state index in [4.69, 9.17) is 0 Å². The summed E-state index contributed by atoms with van der Waals surface area (Å²) in [5, 5.41) is 1.84. The van der Waals surface area contributed by atoms with Crippen LogP contribution in [0.5, 0.6) is 0 Å². The van der Waals surface area contributed by atoms with Crippen LogP contribution >= 0.6 is 8.07 Å².